The molecule has 0 spiro atoms. The molecule has 4 nitrogen and oxygen atoms in total. The van der Waals surface area contributed by atoms with E-state index in [1.165, 1.54) is 11.1 Å². The standard InChI is InChI=1S/C19H22N2O2/c1-22-18-11-10-15(13-19(18)23-2)7-5-6-12-21-14-20-16-8-3-4-9-17(16)21/h3-4,8-11,13-14H,5-7,12H2,1-2H3. The minimum Gasteiger partial charge on any atom is -0.493 e. The summed E-state index contributed by atoms with van der Waals surface area (Å²) in [4.78, 5) is 4.43. The molecule has 0 bridgehead atoms. The summed E-state index contributed by atoms with van der Waals surface area (Å²) < 4.78 is 12.9. The van der Waals surface area contributed by atoms with Crippen LogP contribution in [0.4, 0.5) is 0 Å². The monoisotopic (exact) mass is 310 g/mol. The molecule has 3 aromatic rings. The first-order valence-corrected chi connectivity index (χ1v) is 7.92. The van der Waals surface area contributed by atoms with Crippen LogP contribution in [0.25, 0.3) is 11.0 Å². The topological polar surface area (TPSA) is 36.3 Å². The fraction of sp³-hybridized carbons (Fsp3) is 0.316. The SMILES string of the molecule is COc1ccc(CCCCn2cnc3ccccc32)cc1OC. The Morgan fingerprint density at radius 2 is 1.78 bits per heavy atom. The summed E-state index contributed by atoms with van der Waals surface area (Å²) in [7, 11) is 3.33. The second-order valence-electron chi connectivity index (χ2n) is 5.57. The molecule has 1 heterocycles. The molecular formula is C19H22N2O2. The van der Waals surface area contributed by atoms with Gasteiger partial charge in [0.15, 0.2) is 11.5 Å². The van der Waals surface area contributed by atoms with E-state index in [2.05, 4.69) is 39.9 Å². The minimum absolute atomic E-state index is 0.779. The van der Waals surface area contributed by atoms with Crippen LogP contribution in [-0.2, 0) is 13.0 Å². The van der Waals surface area contributed by atoms with Crippen molar-refractivity contribution >= 4 is 11.0 Å². The van der Waals surface area contributed by atoms with E-state index in [4.69, 9.17) is 9.47 Å². The fourth-order valence-electron chi connectivity index (χ4n) is 2.84. The molecule has 2 aromatic carbocycles. The molecule has 120 valence electrons. The van der Waals surface area contributed by atoms with Gasteiger partial charge in [-0.25, -0.2) is 4.98 Å². The van der Waals surface area contributed by atoms with Crippen molar-refractivity contribution < 1.29 is 9.47 Å². The lowest BCUT2D eigenvalue weighted by molar-refractivity contribution is 0.354. The lowest BCUT2D eigenvalue weighted by atomic mass is 10.1. The highest BCUT2D eigenvalue weighted by Crippen LogP contribution is 2.28. The molecule has 23 heavy (non-hydrogen) atoms. The summed E-state index contributed by atoms with van der Waals surface area (Å²) >= 11 is 0. The Hall–Kier alpha value is -2.49. The van der Waals surface area contributed by atoms with E-state index < -0.39 is 0 Å². The summed E-state index contributed by atoms with van der Waals surface area (Å²) in [5.41, 5.74) is 3.55. The Morgan fingerprint density at radius 3 is 2.61 bits per heavy atom. The van der Waals surface area contributed by atoms with Crippen molar-refractivity contribution in [2.75, 3.05) is 14.2 Å². The summed E-state index contributed by atoms with van der Waals surface area (Å²) in [6.07, 6.45) is 5.21. The third kappa shape index (κ3) is 3.47. The van der Waals surface area contributed by atoms with E-state index in [9.17, 15) is 0 Å². The van der Waals surface area contributed by atoms with Gasteiger partial charge in [0.05, 0.1) is 31.6 Å². The number of hydrogen-bond acceptors (Lipinski definition) is 3. The highest BCUT2D eigenvalue weighted by atomic mass is 16.5. The molecule has 1 aromatic heterocycles. The summed E-state index contributed by atoms with van der Waals surface area (Å²) in [6, 6.07) is 14.4. The van der Waals surface area contributed by atoms with Gasteiger partial charge in [-0.05, 0) is 49.1 Å². The van der Waals surface area contributed by atoms with E-state index in [0.29, 0.717) is 0 Å². The number of nitrogens with zero attached hydrogens (tertiary/aromatic N) is 2. The third-order valence-electron chi connectivity index (χ3n) is 4.09. The first kappa shape index (κ1) is 15.4. The van der Waals surface area contributed by atoms with Crippen molar-refractivity contribution in [1.29, 1.82) is 0 Å². The van der Waals surface area contributed by atoms with Crippen LogP contribution in [0.2, 0.25) is 0 Å². The summed E-state index contributed by atoms with van der Waals surface area (Å²) in [5, 5.41) is 0. The van der Waals surface area contributed by atoms with Gasteiger partial charge in [-0.3, -0.25) is 0 Å². The molecule has 0 atom stereocenters. The van der Waals surface area contributed by atoms with Crippen molar-refractivity contribution in [1.82, 2.24) is 9.55 Å². The first-order chi connectivity index (χ1) is 11.3. The number of imidazole rings is 1. The lowest BCUT2D eigenvalue weighted by Crippen LogP contribution is -1.97. The number of aromatic nitrogens is 2. The molecule has 0 fully saturated rings. The molecule has 0 aliphatic carbocycles. The number of fused-ring (bicyclic) bond motifs is 1. The molecular weight excluding hydrogens is 288 g/mol. The van der Waals surface area contributed by atoms with Crippen LogP contribution in [0.3, 0.4) is 0 Å². The summed E-state index contributed by atoms with van der Waals surface area (Å²) in [6.45, 7) is 0.994. The van der Waals surface area contributed by atoms with Gasteiger partial charge >= 0.3 is 0 Å². The maximum absolute atomic E-state index is 5.35. The van der Waals surface area contributed by atoms with E-state index >= 15 is 0 Å². The van der Waals surface area contributed by atoms with E-state index in [0.717, 1.165) is 42.8 Å². The number of methoxy groups -OCH3 is 2. The average molecular weight is 310 g/mol. The van der Waals surface area contributed by atoms with Crippen LogP contribution >= 0.6 is 0 Å². The van der Waals surface area contributed by atoms with Crippen molar-refractivity contribution in [2.45, 2.75) is 25.8 Å². The number of benzene rings is 2. The smallest absolute Gasteiger partial charge is 0.160 e. The Bertz CT molecular complexity index is 780. The first-order valence-electron chi connectivity index (χ1n) is 7.92. The zero-order chi connectivity index (χ0) is 16.1. The second-order valence-corrected chi connectivity index (χ2v) is 5.57. The van der Waals surface area contributed by atoms with Crippen molar-refractivity contribution in [2.24, 2.45) is 0 Å². The second kappa shape index (κ2) is 7.18. The predicted molar refractivity (Wildman–Crippen MR) is 92.2 cm³/mol. The molecule has 4 heteroatoms. The zero-order valence-corrected chi connectivity index (χ0v) is 13.7. The number of para-hydroxylation sites is 2. The van der Waals surface area contributed by atoms with Gasteiger partial charge in [0, 0.05) is 6.54 Å². The Kier molecular flexibility index (Phi) is 4.81. The number of hydrogen-bond donors (Lipinski definition) is 0. The van der Waals surface area contributed by atoms with Crippen molar-refractivity contribution in [3.8, 4) is 11.5 Å². The van der Waals surface area contributed by atoms with Crippen LogP contribution in [-0.4, -0.2) is 23.8 Å². The number of unbranched alkanes of at least 4 members (excludes halogenated alkanes) is 1. The van der Waals surface area contributed by atoms with Gasteiger partial charge in [-0.2, -0.15) is 0 Å². The fourth-order valence-corrected chi connectivity index (χ4v) is 2.84. The van der Waals surface area contributed by atoms with Crippen LogP contribution < -0.4 is 9.47 Å². The van der Waals surface area contributed by atoms with Crippen LogP contribution in [0.5, 0.6) is 11.5 Å². The molecule has 0 saturated carbocycles. The highest BCUT2D eigenvalue weighted by molar-refractivity contribution is 5.74. The number of aryl methyl sites for hydroxylation is 2. The largest absolute Gasteiger partial charge is 0.493 e. The van der Waals surface area contributed by atoms with Gasteiger partial charge in [0.25, 0.3) is 0 Å². The van der Waals surface area contributed by atoms with Crippen molar-refractivity contribution in [3.05, 3.63) is 54.4 Å². The van der Waals surface area contributed by atoms with Gasteiger partial charge in [-0.15, -0.1) is 0 Å². The Balaban J connectivity index is 1.55. The Labute approximate surface area is 136 Å². The van der Waals surface area contributed by atoms with Crippen LogP contribution in [0, 0.1) is 0 Å². The average Bonchev–Trinajstić information content (AvgIpc) is 3.01. The van der Waals surface area contributed by atoms with Crippen LogP contribution in [0.1, 0.15) is 18.4 Å². The number of rotatable bonds is 7. The molecule has 0 aliphatic heterocycles. The molecule has 0 N–H and O–H groups in total. The normalized spacial score (nSPS) is 10.9. The zero-order valence-electron chi connectivity index (χ0n) is 13.7. The van der Waals surface area contributed by atoms with Crippen LogP contribution in [0.15, 0.2) is 48.8 Å². The maximum Gasteiger partial charge on any atom is 0.160 e. The van der Waals surface area contributed by atoms with Gasteiger partial charge in [-0.1, -0.05) is 18.2 Å². The van der Waals surface area contributed by atoms with Gasteiger partial charge in [0.2, 0.25) is 0 Å². The van der Waals surface area contributed by atoms with E-state index in [-0.39, 0.29) is 0 Å². The molecule has 3 rings (SSSR count). The number of ether oxygens (including phenoxy) is 2. The highest BCUT2D eigenvalue weighted by Gasteiger charge is 2.05. The Morgan fingerprint density at radius 1 is 0.957 bits per heavy atom. The van der Waals surface area contributed by atoms with E-state index in [1.807, 2.05) is 18.5 Å². The minimum atomic E-state index is 0.779. The molecule has 0 radical (unpaired) electrons. The quantitative estimate of drug-likeness (QED) is 0.617. The lowest BCUT2D eigenvalue weighted by Gasteiger charge is -2.09. The molecule has 0 unspecified atom stereocenters. The van der Waals surface area contributed by atoms with E-state index in [1.54, 1.807) is 14.2 Å². The van der Waals surface area contributed by atoms with Crippen molar-refractivity contribution in [3.63, 3.8) is 0 Å². The predicted octanol–water partition coefficient (Wildman–Crippen LogP) is 4.08. The molecule has 0 aliphatic rings. The molecule has 0 amide bonds. The third-order valence-corrected chi connectivity index (χ3v) is 4.09. The summed E-state index contributed by atoms with van der Waals surface area (Å²) in [5.74, 6) is 1.58. The molecule has 0 saturated heterocycles. The van der Waals surface area contributed by atoms with Gasteiger partial charge < -0.3 is 14.0 Å². The maximum atomic E-state index is 5.35. The van der Waals surface area contributed by atoms with Gasteiger partial charge in [0.1, 0.15) is 0 Å².